The topological polar surface area (TPSA) is 23.8 Å². The van der Waals surface area contributed by atoms with Crippen LogP contribution in [0.4, 0.5) is 0 Å². The van der Waals surface area contributed by atoms with Gasteiger partial charge < -0.3 is 0 Å². The van der Waals surface area contributed by atoms with Crippen molar-refractivity contribution < 1.29 is 0 Å². The summed E-state index contributed by atoms with van der Waals surface area (Å²) in [7, 11) is 0. The highest BCUT2D eigenvalue weighted by Crippen LogP contribution is 2.16. The van der Waals surface area contributed by atoms with E-state index in [0.29, 0.717) is 0 Å². The Labute approximate surface area is 80.2 Å². The van der Waals surface area contributed by atoms with Gasteiger partial charge in [-0.3, -0.25) is 0 Å². The van der Waals surface area contributed by atoms with Crippen molar-refractivity contribution in [1.29, 1.82) is 5.26 Å². The third-order valence-corrected chi connectivity index (χ3v) is 2.31. The summed E-state index contributed by atoms with van der Waals surface area (Å²) in [6, 6.07) is 7.52. The second-order valence-corrected chi connectivity index (χ2v) is 3.18. The molecule has 1 aromatic carbocycles. The molecule has 0 spiro atoms. The zero-order valence-electron chi connectivity index (χ0n) is 6.56. The van der Waals surface area contributed by atoms with Crippen molar-refractivity contribution in [2.45, 2.75) is 6.92 Å². The van der Waals surface area contributed by atoms with Crippen LogP contribution in [-0.4, -0.2) is 0 Å². The summed E-state index contributed by atoms with van der Waals surface area (Å²) in [4.78, 5) is 0. The van der Waals surface area contributed by atoms with Crippen molar-refractivity contribution in [2.75, 3.05) is 0 Å². The molecular weight excluding hydrogens is 214 g/mol. The average Bonchev–Trinajstić information content (AvgIpc) is 2.07. The summed E-state index contributed by atoms with van der Waals surface area (Å²) in [5, 5.41) is 8.22. The number of aryl methyl sites for hydroxylation is 1. The van der Waals surface area contributed by atoms with Crippen LogP contribution in [-0.2, 0) is 0 Å². The molecule has 1 nitrogen and oxygen atoms in total. The monoisotopic (exact) mass is 219 g/mol. The van der Waals surface area contributed by atoms with Crippen molar-refractivity contribution in [1.82, 2.24) is 0 Å². The van der Waals surface area contributed by atoms with E-state index >= 15 is 0 Å². The van der Waals surface area contributed by atoms with Gasteiger partial charge in [-0.2, -0.15) is 5.26 Å². The lowest BCUT2D eigenvalue weighted by Crippen LogP contribution is -1.78. The third kappa shape index (κ3) is 2.12. The van der Waals surface area contributed by atoms with Gasteiger partial charge >= 0.3 is 0 Å². The van der Waals surface area contributed by atoms with Crippen LogP contribution in [0, 0.1) is 30.1 Å². The highest BCUT2D eigenvalue weighted by atomic mass is 79.9. The van der Waals surface area contributed by atoms with E-state index in [1.54, 1.807) is 6.07 Å². The molecule has 0 unspecified atom stereocenters. The number of halogens is 1. The lowest BCUT2D eigenvalue weighted by Gasteiger charge is -1.96. The molecule has 0 amide bonds. The van der Waals surface area contributed by atoms with Crippen LogP contribution in [0.2, 0.25) is 0 Å². The van der Waals surface area contributed by atoms with E-state index in [0.717, 1.165) is 15.6 Å². The molecule has 58 valence electrons. The predicted molar refractivity (Wildman–Crippen MR) is 51.4 cm³/mol. The number of hydrogen-bond donors (Lipinski definition) is 0. The Bertz CT molecular complexity index is 391. The molecule has 0 aliphatic rings. The summed E-state index contributed by atoms with van der Waals surface area (Å²) in [5.74, 6) is 5.08. The minimum absolute atomic E-state index is 0.872. The average molecular weight is 220 g/mol. The van der Waals surface area contributed by atoms with Gasteiger partial charge in [-0.1, -0.05) is 21.9 Å². The molecule has 0 fully saturated rings. The van der Waals surface area contributed by atoms with Gasteiger partial charge in [0.1, 0.15) is 0 Å². The molecule has 1 aromatic rings. The first kappa shape index (κ1) is 8.84. The lowest BCUT2D eigenvalue weighted by molar-refractivity contribution is 1.42. The van der Waals surface area contributed by atoms with Gasteiger partial charge in [0.15, 0.2) is 6.07 Å². The second-order valence-electron chi connectivity index (χ2n) is 2.33. The Kier molecular flexibility index (Phi) is 2.91. The van der Waals surface area contributed by atoms with Crippen molar-refractivity contribution >= 4 is 15.9 Å². The number of nitriles is 1. The molecule has 0 radical (unpaired) electrons. The van der Waals surface area contributed by atoms with E-state index in [9.17, 15) is 0 Å². The normalized spacial score (nSPS) is 8.08. The van der Waals surface area contributed by atoms with Gasteiger partial charge in [0, 0.05) is 16.0 Å². The Hall–Kier alpha value is -1.25. The molecule has 12 heavy (non-hydrogen) atoms. The van der Waals surface area contributed by atoms with E-state index < -0.39 is 0 Å². The van der Waals surface area contributed by atoms with E-state index in [1.165, 1.54) is 0 Å². The second kappa shape index (κ2) is 3.95. The molecule has 0 saturated carbocycles. The summed E-state index contributed by atoms with van der Waals surface area (Å²) in [6.45, 7) is 1.99. The zero-order valence-corrected chi connectivity index (χ0v) is 8.14. The Morgan fingerprint density at radius 3 is 2.75 bits per heavy atom. The minimum Gasteiger partial charge on any atom is -0.183 e. The van der Waals surface area contributed by atoms with Gasteiger partial charge in [-0.05, 0) is 30.7 Å². The number of rotatable bonds is 0. The lowest BCUT2D eigenvalue weighted by atomic mass is 10.1. The van der Waals surface area contributed by atoms with Crippen LogP contribution in [0.1, 0.15) is 11.1 Å². The highest BCUT2D eigenvalue weighted by molar-refractivity contribution is 9.10. The van der Waals surface area contributed by atoms with E-state index in [4.69, 9.17) is 5.26 Å². The molecule has 2 heteroatoms. The van der Waals surface area contributed by atoms with Gasteiger partial charge in [0.25, 0.3) is 0 Å². The van der Waals surface area contributed by atoms with Crippen LogP contribution >= 0.6 is 15.9 Å². The van der Waals surface area contributed by atoms with E-state index in [1.807, 2.05) is 25.1 Å². The third-order valence-electron chi connectivity index (χ3n) is 1.42. The Morgan fingerprint density at radius 2 is 2.17 bits per heavy atom. The first-order valence-electron chi connectivity index (χ1n) is 3.40. The largest absolute Gasteiger partial charge is 0.183 e. The maximum absolute atomic E-state index is 8.22. The summed E-state index contributed by atoms with van der Waals surface area (Å²) in [6.07, 6.45) is 0. The van der Waals surface area contributed by atoms with Crippen molar-refractivity contribution in [3.05, 3.63) is 33.8 Å². The van der Waals surface area contributed by atoms with Crippen molar-refractivity contribution in [3.8, 4) is 17.9 Å². The number of hydrogen-bond acceptors (Lipinski definition) is 1. The molecule has 0 aliphatic heterocycles. The van der Waals surface area contributed by atoms with E-state index in [2.05, 4.69) is 27.8 Å². The predicted octanol–water partition coefficient (Wildman–Crippen LogP) is 2.63. The smallest absolute Gasteiger partial charge is 0.152 e. The Morgan fingerprint density at radius 1 is 1.42 bits per heavy atom. The number of benzene rings is 1. The molecule has 0 N–H and O–H groups in total. The fourth-order valence-electron chi connectivity index (χ4n) is 0.823. The quantitative estimate of drug-likeness (QED) is 0.616. The zero-order chi connectivity index (χ0) is 8.97. The van der Waals surface area contributed by atoms with Crippen LogP contribution in [0.15, 0.2) is 22.7 Å². The maximum Gasteiger partial charge on any atom is 0.152 e. The molecule has 0 aliphatic carbocycles. The molecule has 0 aromatic heterocycles. The first-order chi connectivity index (χ1) is 5.74. The highest BCUT2D eigenvalue weighted by Gasteiger charge is 1.93. The van der Waals surface area contributed by atoms with E-state index in [-0.39, 0.29) is 0 Å². The standard InChI is InChI=1S/C10H6BrN/c1-8-7-9(3-2-6-12)4-5-10(8)11/h4-5,7H,1H3. The summed E-state index contributed by atoms with van der Waals surface area (Å²) < 4.78 is 1.06. The Balaban J connectivity index is 3.07. The summed E-state index contributed by atoms with van der Waals surface area (Å²) >= 11 is 3.38. The fourth-order valence-corrected chi connectivity index (χ4v) is 1.07. The first-order valence-corrected chi connectivity index (χ1v) is 4.19. The molecule has 0 atom stereocenters. The molecule has 1 rings (SSSR count). The molecular formula is C10H6BrN. The summed E-state index contributed by atoms with van der Waals surface area (Å²) in [5.41, 5.74) is 2.00. The van der Waals surface area contributed by atoms with Crippen LogP contribution < -0.4 is 0 Å². The maximum atomic E-state index is 8.22. The van der Waals surface area contributed by atoms with Crippen LogP contribution in [0.25, 0.3) is 0 Å². The molecule has 0 bridgehead atoms. The van der Waals surface area contributed by atoms with Crippen LogP contribution in [0.5, 0.6) is 0 Å². The van der Waals surface area contributed by atoms with Crippen LogP contribution in [0.3, 0.4) is 0 Å². The van der Waals surface area contributed by atoms with Gasteiger partial charge in [-0.15, -0.1) is 0 Å². The minimum atomic E-state index is 0.872. The van der Waals surface area contributed by atoms with Gasteiger partial charge in [0.05, 0.1) is 0 Å². The SMILES string of the molecule is Cc1cc(C#CC#N)ccc1Br. The molecule has 0 saturated heterocycles. The van der Waals surface area contributed by atoms with Crippen molar-refractivity contribution in [2.24, 2.45) is 0 Å². The van der Waals surface area contributed by atoms with Gasteiger partial charge in [-0.25, -0.2) is 0 Å². The molecule has 0 heterocycles. The van der Waals surface area contributed by atoms with Crippen molar-refractivity contribution in [3.63, 3.8) is 0 Å². The number of nitrogens with zero attached hydrogens (tertiary/aromatic N) is 1. The fraction of sp³-hybridized carbons (Fsp3) is 0.100. The van der Waals surface area contributed by atoms with Gasteiger partial charge in [0.2, 0.25) is 0 Å².